The van der Waals surface area contributed by atoms with Gasteiger partial charge in [0.2, 0.25) is 5.82 Å². The van der Waals surface area contributed by atoms with Gasteiger partial charge in [-0.05, 0) is 32.9 Å². The number of hydrogen-bond acceptors (Lipinski definition) is 4. The zero-order valence-electron chi connectivity index (χ0n) is 15.3. The van der Waals surface area contributed by atoms with Crippen molar-refractivity contribution in [2.45, 2.75) is 52.7 Å². The Balaban J connectivity index is 2.48. The van der Waals surface area contributed by atoms with Gasteiger partial charge in [-0.2, -0.15) is 0 Å². The summed E-state index contributed by atoms with van der Waals surface area (Å²) in [5.74, 6) is -0.348. The third-order valence-electron chi connectivity index (χ3n) is 3.77. The Kier molecular flexibility index (Phi) is 5.89. The zero-order chi connectivity index (χ0) is 18.7. The van der Waals surface area contributed by atoms with Gasteiger partial charge in [0.15, 0.2) is 0 Å². The number of halogens is 1. The van der Waals surface area contributed by atoms with Crippen molar-refractivity contribution in [3.05, 3.63) is 41.7 Å². The maximum Gasteiger partial charge on any atom is 0.293 e. The Morgan fingerprint density at radius 3 is 2.40 bits per heavy atom. The molecule has 2 rings (SSSR count). The number of carbonyl (C=O) groups is 1. The first-order valence-corrected chi connectivity index (χ1v) is 8.43. The number of hydrogen-bond donors (Lipinski definition) is 1. The molecule has 1 aromatic heterocycles. The van der Waals surface area contributed by atoms with Crippen LogP contribution in [0.25, 0.3) is 5.69 Å². The van der Waals surface area contributed by atoms with Crippen molar-refractivity contribution >= 4 is 5.91 Å². The third-order valence-corrected chi connectivity index (χ3v) is 3.77. The van der Waals surface area contributed by atoms with Crippen LogP contribution in [0.3, 0.4) is 0 Å². The molecule has 2 aromatic rings. The number of aromatic nitrogens is 3. The van der Waals surface area contributed by atoms with Gasteiger partial charge in [0.1, 0.15) is 17.3 Å². The Labute approximate surface area is 147 Å². The average Bonchev–Trinajstić information content (AvgIpc) is 2.97. The normalized spacial score (nSPS) is 12.7. The molecule has 0 aliphatic heterocycles. The Bertz CT molecular complexity index is 740. The van der Waals surface area contributed by atoms with E-state index in [1.165, 1.54) is 15.6 Å². The summed E-state index contributed by atoms with van der Waals surface area (Å²) in [5.41, 5.74) is 0.254. The van der Waals surface area contributed by atoms with Gasteiger partial charge in [-0.1, -0.05) is 26.0 Å². The molecule has 1 heterocycles. The molecule has 0 spiro atoms. The molecule has 6 nitrogen and oxygen atoms in total. The molecule has 0 saturated carbocycles. The van der Waals surface area contributed by atoms with Crippen LogP contribution < -0.4 is 0 Å². The van der Waals surface area contributed by atoms with E-state index in [0.717, 1.165) is 0 Å². The quantitative estimate of drug-likeness (QED) is 0.871. The van der Waals surface area contributed by atoms with Crippen LogP contribution in [-0.2, 0) is 0 Å². The zero-order valence-corrected chi connectivity index (χ0v) is 15.3. The van der Waals surface area contributed by atoms with E-state index in [-0.39, 0.29) is 35.9 Å². The predicted molar refractivity (Wildman–Crippen MR) is 93.3 cm³/mol. The van der Waals surface area contributed by atoms with Gasteiger partial charge in [-0.25, -0.2) is 14.1 Å². The molecule has 1 N–H and O–H groups in total. The molecular formula is C18H25FN4O2. The summed E-state index contributed by atoms with van der Waals surface area (Å²) in [6.07, 6.45) is -0.662. The fourth-order valence-electron chi connectivity index (χ4n) is 2.53. The van der Waals surface area contributed by atoms with Crippen molar-refractivity contribution < 1.29 is 14.3 Å². The van der Waals surface area contributed by atoms with Gasteiger partial charge < -0.3 is 10.0 Å². The van der Waals surface area contributed by atoms with E-state index in [9.17, 15) is 14.3 Å². The largest absolute Gasteiger partial charge is 0.392 e. The number of aliphatic hydroxyl groups excluding tert-OH is 1. The van der Waals surface area contributed by atoms with Crippen molar-refractivity contribution in [3.8, 4) is 5.69 Å². The minimum Gasteiger partial charge on any atom is -0.392 e. The topological polar surface area (TPSA) is 71.2 Å². The van der Waals surface area contributed by atoms with Gasteiger partial charge >= 0.3 is 0 Å². The van der Waals surface area contributed by atoms with Crippen molar-refractivity contribution in [1.29, 1.82) is 0 Å². The molecule has 1 aromatic carbocycles. The summed E-state index contributed by atoms with van der Waals surface area (Å²) in [4.78, 5) is 18.7. The smallest absolute Gasteiger partial charge is 0.293 e. The monoisotopic (exact) mass is 348 g/mol. The lowest BCUT2D eigenvalue weighted by Crippen LogP contribution is -2.41. The molecule has 1 unspecified atom stereocenters. The SMILES string of the molecule is CC(O)CN(C(=O)c1nc(C(C)C)n(-c2ccccc2F)n1)C(C)C. The molecule has 0 aliphatic rings. The van der Waals surface area contributed by atoms with Crippen LogP contribution in [0.5, 0.6) is 0 Å². The molecule has 1 amide bonds. The van der Waals surface area contributed by atoms with Gasteiger partial charge in [0.25, 0.3) is 5.91 Å². The van der Waals surface area contributed by atoms with E-state index in [4.69, 9.17) is 0 Å². The van der Waals surface area contributed by atoms with Crippen molar-refractivity contribution in [3.63, 3.8) is 0 Å². The Hall–Kier alpha value is -2.28. The third kappa shape index (κ3) is 4.22. The second-order valence-electron chi connectivity index (χ2n) is 6.71. The van der Waals surface area contributed by atoms with E-state index in [2.05, 4.69) is 10.1 Å². The molecule has 1 atom stereocenters. The minimum atomic E-state index is -0.662. The number of nitrogens with zero attached hydrogens (tertiary/aromatic N) is 4. The number of para-hydroxylation sites is 1. The molecule has 136 valence electrons. The lowest BCUT2D eigenvalue weighted by molar-refractivity contribution is 0.0567. The molecule has 25 heavy (non-hydrogen) atoms. The van der Waals surface area contributed by atoms with Crippen LogP contribution >= 0.6 is 0 Å². The number of amides is 1. The summed E-state index contributed by atoms with van der Waals surface area (Å²) in [7, 11) is 0. The first-order valence-electron chi connectivity index (χ1n) is 8.43. The van der Waals surface area contributed by atoms with Crippen LogP contribution in [-0.4, -0.2) is 49.4 Å². The lowest BCUT2D eigenvalue weighted by Gasteiger charge is -2.26. The minimum absolute atomic E-state index is 0.00121. The maximum atomic E-state index is 14.2. The van der Waals surface area contributed by atoms with Crippen LogP contribution in [0.4, 0.5) is 4.39 Å². The van der Waals surface area contributed by atoms with Gasteiger partial charge in [0.05, 0.1) is 6.10 Å². The Morgan fingerprint density at radius 1 is 1.24 bits per heavy atom. The molecular weight excluding hydrogens is 323 g/mol. The molecule has 7 heteroatoms. The molecule has 0 radical (unpaired) electrons. The van der Waals surface area contributed by atoms with Crippen LogP contribution in [0.2, 0.25) is 0 Å². The maximum absolute atomic E-state index is 14.2. The van der Waals surface area contributed by atoms with Crippen molar-refractivity contribution in [1.82, 2.24) is 19.7 Å². The van der Waals surface area contributed by atoms with E-state index in [1.54, 1.807) is 25.1 Å². The summed E-state index contributed by atoms with van der Waals surface area (Å²) >= 11 is 0. The average molecular weight is 348 g/mol. The summed E-state index contributed by atoms with van der Waals surface area (Å²) in [5, 5.41) is 13.9. The highest BCUT2D eigenvalue weighted by Crippen LogP contribution is 2.20. The molecule has 0 saturated heterocycles. The van der Waals surface area contributed by atoms with Gasteiger partial charge in [0, 0.05) is 18.5 Å². The molecule has 0 bridgehead atoms. The van der Waals surface area contributed by atoms with Gasteiger partial charge in [-0.15, -0.1) is 5.10 Å². The Morgan fingerprint density at radius 2 is 1.88 bits per heavy atom. The summed E-state index contributed by atoms with van der Waals surface area (Å²) in [6.45, 7) is 9.33. The van der Waals surface area contributed by atoms with Crippen LogP contribution in [0, 0.1) is 5.82 Å². The summed E-state index contributed by atoms with van der Waals surface area (Å²) < 4.78 is 15.6. The van der Waals surface area contributed by atoms with Crippen molar-refractivity contribution in [2.75, 3.05) is 6.54 Å². The summed E-state index contributed by atoms with van der Waals surface area (Å²) in [6, 6.07) is 6.13. The molecule has 0 fully saturated rings. The first-order chi connectivity index (χ1) is 11.7. The number of carbonyl (C=O) groups excluding carboxylic acids is 1. The fourth-order valence-corrected chi connectivity index (χ4v) is 2.53. The highest BCUT2D eigenvalue weighted by Gasteiger charge is 2.26. The fraction of sp³-hybridized carbons (Fsp3) is 0.500. The van der Waals surface area contributed by atoms with Crippen LogP contribution in [0.15, 0.2) is 24.3 Å². The van der Waals surface area contributed by atoms with E-state index in [0.29, 0.717) is 5.82 Å². The molecule has 0 aliphatic carbocycles. The lowest BCUT2D eigenvalue weighted by atomic mass is 10.2. The van der Waals surface area contributed by atoms with Crippen molar-refractivity contribution in [2.24, 2.45) is 0 Å². The number of benzene rings is 1. The second-order valence-corrected chi connectivity index (χ2v) is 6.71. The number of aliphatic hydroxyl groups is 1. The first kappa shape index (κ1) is 19.1. The standard InChI is InChI=1S/C18H25FN4O2/c1-11(2)17-20-16(18(25)22(12(3)4)10-13(5)24)21-23(17)15-9-7-6-8-14(15)19/h6-9,11-13,24H,10H2,1-5H3. The van der Waals surface area contributed by atoms with E-state index in [1.807, 2.05) is 27.7 Å². The van der Waals surface area contributed by atoms with E-state index < -0.39 is 11.9 Å². The van der Waals surface area contributed by atoms with Crippen LogP contribution in [0.1, 0.15) is 57.0 Å². The van der Waals surface area contributed by atoms with E-state index >= 15 is 0 Å². The second kappa shape index (κ2) is 7.74. The van der Waals surface area contributed by atoms with Gasteiger partial charge in [-0.3, -0.25) is 4.79 Å². The highest BCUT2D eigenvalue weighted by atomic mass is 19.1. The predicted octanol–water partition coefficient (Wildman–Crippen LogP) is 2.76. The highest BCUT2D eigenvalue weighted by molar-refractivity contribution is 5.90. The number of rotatable bonds is 6.